The summed E-state index contributed by atoms with van der Waals surface area (Å²) in [6.45, 7) is 2.93. The fourth-order valence-electron chi connectivity index (χ4n) is 2.12. The van der Waals surface area contributed by atoms with E-state index in [1.54, 1.807) is 13.3 Å². The Morgan fingerprint density at radius 2 is 2.40 bits per heavy atom. The van der Waals surface area contributed by atoms with Gasteiger partial charge in [0, 0.05) is 19.9 Å². The molecule has 1 aromatic rings. The fourth-order valence-corrected chi connectivity index (χ4v) is 2.12. The molecule has 1 aliphatic carbocycles. The summed E-state index contributed by atoms with van der Waals surface area (Å²) in [6, 6.07) is 1.94. The minimum atomic E-state index is -0.0510. The van der Waals surface area contributed by atoms with Crippen LogP contribution >= 0.6 is 0 Å². The third-order valence-corrected chi connectivity index (χ3v) is 3.10. The van der Waals surface area contributed by atoms with Crippen LogP contribution in [-0.4, -0.2) is 23.0 Å². The maximum absolute atomic E-state index is 6.23. The molecule has 0 spiro atoms. The first-order chi connectivity index (χ1) is 7.27. The van der Waals surface area contributed by atoms with Crippen molar-refractivity contribution in [3.8, 4) is 0 Å². The number of nitrogens with two attached hydrogens (primary N) is 1. The molecule has 0 aliphatic heterocycles. The summed E-state index contributed by atoms with van der Waals surface area (Å²) < 4.78 is 7.44. The van der Waals surface area contributed by atoms with E-state index in [0.29, 0.717) is 5.92 Å². The molecule has 0 amide bonds. The first kappa shape index (κ1) is 10.6. The van der Waals surface area contributed by atoms with Gasteiger partial charge in [0.05, 0.1) is 17.8 Å². The third-order valence-electron chi connectivity index (χ3n) is 3.10. The second-order valence-corrected chi connectivity index (χ2v) is 4.14. The van der Waals surface area contributed by atoms with E-state index >= 15 is 0 Å². The van der Waals surface area contributed by atoms with Crippen molar-refractivity contribution >= 4 is 0 Å². The van der Waals surface area contributed by atoms with E-state index in [4.69, 9.17) is 10.5 Å². The lowest BCUT2D eigenvalue weighted by atomic mass is 10.0. The SMILES string of the molecule is CCn1nccc1C(N)C(OC)C1CC1. The van der Waals surface area contributed by atoms with E-state index in [0.717, 1.165) is 12.2 Å². The Hall–Kier alpha value is -0.870. The second kappa shape index (κ2) is 4.33. The number of hydrogen-bond acceptors (Lipinski definition) is 3. The van der Waals surface area contributed by atoms with Gasteiger partial charge in [0.15, 0.2) is 0 Å². The van der Waals surface area contributed by atoms with Crippen LogP contribution in [0.4, 0.5) is 0 Å². The summed E-state index contributed by atoms with van der Waals surface area (Å²) in [6.07, 6.45) is 4.43. The van der Waals surface area contributed by atoms with Gasteiger partial charge in [-0.15, -0.1) is 0 Å². The maximum atomic E-state index is 6.23. The van der Waals surface area contributed by atoms with Crippen molar-refractivity contribution in [2.75, 3.05) is 7.11 Å². The highest BCUT2D eigenvalue weighted by molar-refractivity contribution is 5.10. The molecule has 2 rings (SSSR count). The number of aromatic nitrogens is 2. The van der Waals surface area contributed by atoms with Crippen molar-refractivity contribution in [2.24, 2.45) is 11.7 Å². The van der Waals surface area contributed by atoms with Gasteiger partial charge >= 0.3 is 0 Å². The number of methoxy groups -OCH3 is 1. The zero-order valence-electron chi connectivity index (χ0n) is 9.39. The van der Waals surface area contributed by atoms with Gasteiger partial charge in [0.1, 0.15) is 0 Å². The number of nitrogens with zero attached hydrogens (tertiary/aromatic N) is 2. The predicted octanol–water partition coefficient (Wildman–Crippen LogP) is 1.33. The number of ether oxygens (including phenoxy) is 1. The summed E-state index contributed by atoms with van der Waals surface area (Å²) in [4.78, 5) is 0. The first-order valence-corrected chi connectivity index (χ1v) is 5.58. The highest BCUT2D eigenvalue weighted by atomic mass is 16.5. The number of aryl methyl sites for hydroxylation is 1. The van der Waals surface area contributed by atoms with Gasteiger partial charge in [-0.1, -0.05) is 0 Å². The van der Waals surface area contributed by atoms with Crippen LogP contribution in [0.15, 0.2) is 12.3 Å². The Balaban J connectivity index is 2.14. The van der Waals surface area contributed by atoms with E-state index in [1.165, 1.54) is 12.8 Å². The van der Waals surface area contributed by atoms with Crippen LogP contribution in [0.5, 0.6) is 0 Å². The Bertz CT molecular complexity index is 319. The van der Waals surface area contributed by atoms with Crippen LogP contribution in [0.25, 0.3) is 0 Å². The zero-order valence-corrected chi connectivity index (χ0v) is 9.39. The predicted molar refractivity (Wildman–Crippen MR) is 58.4 cm³/mol. The summed E-state index contributed by atoms with van der Waals surface area (Å²) in [5.41, 5.74) is 7.31. The summed E-state index contributed by atoms with van der Waals surface area (Å²) >= 11 is 0. The van der Waals surface area contributed by atoms with E-state index in [9.17, 15) is 0 Å². The number of hydrogen-bond donors (Lipinski definition) is 1. The van der Waals surface area contributed by atoms with Crippen LogP contribution < -0.4 is 5.73 Å². The summed E-state index contributed by atoms with van der Waals surface area (Å²) in [5.74, 6) is 0.644. The molecule has 2 atom stereocenters. The van der Waals surface area contributed by atoms with Gasteiger partial charge in [-0.2, -0.15) is 5.10 Å². The number of rotatable bonds is 5. The van der Waals surface area contributed by atoms with Crippen molar-refractivity contribution in [3.05, 3.63) is 18.0 Å². The lowest BCUT2D eigenvalue weighted by molar-refractivity contribution is 0.0600. The van der Waals surface area contributed by atoms with E-state index in [1.807, 2.05) is 10.7 Å². The molecular formula is C11H19N3O. The lowest BCUT2D eigenvalue weighted by Crippen LogP contribution is -2.31. The maximum Gasteiger partial charge on any atom is 0.0807 e. The topological polar surface area (TPSA) is 53.1 Å². The lowest BCUT2D eigenvalue weighted by Gasteiger charge is -2.22. The minimum Gasteiger partial charge on any atom is -0.379 e. The van der Waals surface area contributed by atoms with Gasteiger partial charge in [0.2, 0.25) is 0 Å². The highest BCUT2D eigenvalue weighted by Crippen LogP contribution is 2.38. The Labute approximate surface area is 90.4 Å². The minimum absolute atomic E-state index is 0.0510. The van der Waals surface area contributed by atoms with Gasteiger partial charge in [0.25, 0.3) is 0 Å². The molecule has 1 aliphatic rings. The highest BCUT2D eigenvalue weighted by Gasteiger charge is 2.36. The molecule has 0 bridgehead atoms. The molecule has 4 heteroatoms. The molecule has 0 radical (unpaired) electrons. The molecule has 0 aromatic carbocycles. The quantitative estimate of drug-likeness (QED) is 0.796. The zero-order chi connectivity index (χ0) is 10.8. The van der Waals surface area contributed by atoms with E-state index in [-0.39, 0.29) is 12.1 Å². The Morgan fingerprint density at radius 3 is 2.93 bits per heavy atom. The first-order valence-electron chi connectivity index (χ1n) is 5.58. The van der Waals surface area contributed by atoms with Crippen molar-refractivity contribution in [1.82, 2.24) is 9.78 Å². The average Bonchev–Trinajstić information content (AvgIpc) is 2.96. The molecule has 1 heterocycles. The second-order valence-electron chi connectivity index (χ2n) is 4.14. The smallest absolute Gasteiger partial charge is 0.0807 e. The third kappa shape index (κ3) is 2.06. The van der Waals surface area contributed by atoms with Crippen LogP contribution in [0.2, 0.25) is 0 Å². The average molecular weight is 209 g/mol. The summed E-state index contributed by atoms with van der Waals surface area (Å²) in [7, 11) is 1.75. The van der Waals surface area contributed by atoms with Crippen molar-refractivity contribution < 1.29 is 4.74 Å². The fraction of sp³-hybridized carbons (Fsp3) is 0.727. The van der Waals surface area contributed by atoms with Crippen molar-refractivity contribution in [3.63, 3.8) is 0 Å². The van der Waals surface area contributed by atoms with Gasteiger partial charge in [-0.25, -0.2) is 0 Å². The van der Waals surface area contributed by atoms with Gasteiger partial charge in [-0.3, -0.25) is 4.68 Å². The largest absolute Gasteiger partial charge is 0.379 e. The molecule has 4 nitrogen and oxygen atoms in total. The van der Waals surface area contributed by atoms with E-state index in [2.05, 4.69) is 12.0 Å². The molecule has 84 valence electrons. The van der Waals surface area contributed by atoms with Gasteiger partial charge in [-0.05, 0) is 31.7 Å². The van der Waals surface area contributed by atoms with E-state index < -0.39 is 0 Å². The molecule has 15 heavy (non-hydrogen) atoms. The molecule has 1 fully saturated rings. The molecule has 0 saturated heterocycles. The normalized spacial score (nSPS) is 20.2. The van der Waals surface area contributed by atoms with Crippen LogP contribution in [0.3, 0.4) is 0 Å². The van der Waals surface area contributed by atoms with Crippen LogP contribution in [0.1, 0.15) is 31.5 Å². The molecule has 1 aromatic heterocycles. The standard InChI is InChI=1S/C11H19N3O/c1-3-14-9(6-7-13-14)10(12)11(15-2)8-4-5-8/h6-8,10-11H,3-5,12H2,1-2H3. The van der Waals surface area contributed by atoms with Crippen molar-refractivity contribution in [2.45, 2.75) is 38.5 Å². The van der Waals surface area contributed by atoms with Crippen LogP contribution in [0, 0.1) is 5.92 Å². The summed E-state index contributed by atoms with van der Waals surface area (Å²) in [5, 5.41) is 4.23. The van der Waals surface area contributed by atoms with Gasteiger partial charge < -0.3 is 10.5 Å². The molecule has 2 N–H and O–H groups in total. The Morgan fingerprint density at radius 1 is 1.67 bits per heavy atom. The monoisotopic (exact) mass is 209 g/mol. The molecular weight excluding hydrogens is 190 g/mol. The van der Waals surface area contributed by atoms with Crippen LogP contribution in [-0.2, 0) is 11.3 Å². The Kier molecular flexibility index (Phi) is 3.07. The molecule has 2 unspecified atom stereocenters. The molecule has 1 saturated carbocycles. The van der Waals surface area contributed by atoms with Crippen molar-refractivity contribution in [1.29, 1.82) is 0 Å².